The Hall–Kier alpha value is -1.78. The average molecular weight is 293 g/mol. The van der Waals surface area contributed by atoms with E-state index in [9.17, 15) is 4.79 Å². The van der Waals surface area contributed by atoms with Gasteiger partial charge in [0.2, 0.25) is 0 Å². The molecule has 1 aromatic rings. The first kappa shape index (κ1) is 17.3. The first-order valence-electron chi connectivity index (χ1n) is 7.74. The quantitative estimate of drug-likeness (QED) is 0.745. The van der Waals surface area contributed by atoms with E-state index in [1.807, 2.05) is 0 Å². The number of carbonyl (C=O) groups excluding carboxylic acids is 1. The number of nitrogens with zero attached hydrogens (tertiary/aromatic N) is 2. The molecular weight excluding hydrogens is 266 g/mol. The molecule has 0 aliphatic carbocycles. The maximum absolute atomic E-state index is 11.9. The Labute approximate surface area is 127 Å². The summed E-state index contributed by atoms with van der Waals surface area (Å²) in [7, 11) is 0. The highest BCUT2D eigenvalue weighted by molar-refractivity contribution is 5.95. The molecule has 1 heterocycles. The number of hydrogen-bond acceptors (Lipinski definition) is 5. The summed E-state index contributed by atoms with van der Waals surface area (Å²) < 4.78 is 5.05. The van der Waals surface area contributed by atoms with Gasteiger partial charge in [0.25, 0.3) is 0 Å². The van der Waals surface area contributed by atoms with Crippen molar-refractivity contribution in [3.8, 4) is 0 Å². The molecule has 0 aromatic carbocycles. The van der Waals surface area contributed by atoms with Crippen molar-refractivity contribution in [2.24, 2.45) is 0 Å². The molecule has 1 aromatic heterocycles. The van der Waals surface area contributed by atoms with Crippen LogP contribution in [0.5, 0.6) is 0 Å². The molecule has 21 heavy (non-hydrogen) atoms. The largest absolute Gasteiger partial charge is 0.462 e. The Kier molecular flexibility index (Phi) is 6.99. The third-order valence-corrected chi connectivity index (χ3v) is 3.59. The summed E-state index contributed by atoms with van der Waals surface area (Å²) in [5.74, 6) is 0.397. The molecule has 1 unspecified atom stereocenters. The predicted molar refractivity (Wildman–Crippen MR) is 86.6 cm³/mol. The molecule has 0 radical (unpaired) electrons. The Morgan fingerprint density at radius 2 is 2.14 bits per heavy atom. The van der Waals surface area contributed by atoms with E-state index in [0.717, 1.165) is 31.6 Å². The fourth-order valence-corrected chi connectivity index (χ4v) is 2.11. The SMILES string of the molecule is CCCCN(c1cc(C(=O)OCC)c(N)cn1)C(C)CC. The van der Waals surface area contributed by atoms with E-state index in [4.69, 9.17) is 10.5 Å². The third kappa shape index (κ3) is 4.62. The van der Waals surface area contributed by atoms with Gasteiger partial charge in [-0.25, -0.2) is 9.78 Å². The second kappa shape index (κ2) is 8.49. The Bertz CT molecular complexity index is 463. The van der Waals surface area contributed by atoms with Gasteiger partial charge < -0.3 is 15.4 Å². The zero-order valence-electron chi connectivity index (χ0n) is 13.6. The summed E-state index contributed by atoms with van der Waals surface area (Å²) in [5.41, 5.74) is 6.60. The third-order valence-electron chi connectivity index (χ3n) is 3.59. The van der Waals surface area contributed by atoms with Crippen LogP contribution in [-0.2, 0) is 4.74 Å². The summed E-state index contributed by atoms with van der Waals surface area (Å²) in [6.07, 6.45) is 4.77. The van der Waals surface area contributed by atoms with Gasteiger partial charge in [0.1, 0.15) is 5.82 Å². The van der Waals surface area contributed by atoms with Crippen molar-refractivity contribution in [3.63, 3.8) is 0 Å². The van der Waals surface area contributed by atoms with E-state index in [-0.39, 0.29) is 0 Å². The fraction of sp³-hybridized carbons (Fsp3) is 0.625. The maximum atomic E-state index is 11.9. The van der Waals surface area contributed by atoms with Gasteiger partial charge in [0, 0.05) is 12.6 Å². The summed E-state index contributed by atoms with van der Waals surface area (Å²) in [6, 6.07) is 2.11. The second-order valence-corrected chi connectivity index (χ2v) is 5.15. The standard InChI is InChI=1S/C16H27N3O2/c1-5-8-9-19(12(4)6-2)15-10-13(14(17)11-18-15)16(20)21-7-3/h10-12H,5-9,17H2,1-4H3. The topological polar surface area (TPSA) is 68.5 Å². The van der Waals surface area contributed by atoms with Crippen molar-refractivity contribution in [2.75, 3.05) is 23.8 Å². The number of pyridine rings is 1. The van der Waals surface area contributed by atoms with E-state index < -0.39 is 5.97 Å². The molecule has 1 rings (SSSR count). The number of hydrogen-bond donors (Lipinski definition) is 1. The molecule has 0 saturated carbocycles. The van der Waals surface area contributed by atoms with Crippen LogP contribution in [0.2, 0.25) is 0 Å². The van der Waals surface area contributed by atoms with Crippen molar-refractivity contribution >= 4 is 17.5 Å². The predicted octanol–water partition coefficient (Wildman–Crippen LogP) is 3.25. The van der Waals surface area contributed by atoms with E-state index in [0.29, 0.717) is 23.9 Å². The van der Waals surface area contributed by atoms with Gasteiger partial charge in [-0.05, 0) is 32.8 Å². The molecule has 0 saturated heterocycles. The average Bonchev–Trinajstić information content (AvgIpc) is 2.48. The van der Waals surface area contributed by atoms with Crippen molar-refractivity contribution in [3.05, 3.63) is 17.8 Å². The molecule has 0 aliphatic heterocycles. The van der Waals surface area contributed by atoms with E-state index in [2.05, 4.69) is 30.7 Å². The number of carbonyl (C=O) groups is 1. The minimum atomic E-state index is -0.391. The first-order chi connectivity index (χ1) is 10.0. The van der Waals surface area contributed by atoms with Crippen LogP contribution in [0.15, 0.2) is 12.3 Å². The number of ether oxygens (including phenoxy) is 1. The first-order valence-corrected chi connectivity index (χ1v) is 7.74. The number of esters is 1. The monoisotopic (exact) mass is 293 g/mol. The number of rotatable bonds is 8. The molecule has 0 fully saturated rings. The summed E-state index contributed by atoms with van der Waals surface area (Å²) >= 11 is 0. The van der Waals surface area contributed by atoms with Gasteiger partial charge >= 0.3 is 5.97 Å². The fourth-order valence-electron chi connectivity index (χ4n) is 2.11. The normalized spacial score (nSPS) is 12.0. The van der Waals surface area contributed by atoms with Crippen molar-refractivity contribution in [1.29, 1.82) is 0 Å². The zero-order chi connectivity index (χ0) is 15.8. The van der Waals surface area contributed by atoms with Crippen LogP contribution >= 0.6 is 0 Å². The van der Waals surface area contributed by atoms with Gasteiger partial charge in [-0.3, -0.25) is 0 Å². The number of nitrogens with two attached hydrogens (primary N) is 1. The molecule has 1 atom stereocenters. The lowest BCUT2D eigenvalue weighted by molar-refractivity contribution is 0.0527. The molecule has 0 bridgehead atoms. The van der Waals surface area contributed by atoms with Gasteiger partial charge in [-0.15, -0.1) is 0 Å². The van der Waals surface area contributed by atoms with Crippen molar-refractivity contribution in [2.45, 2.75) is 53.0 Å². The van der Waals surface area contributed by atoms with Crippen molar-refractivity contribution in [1.82, 2.24) is 4.98 Å². The van der Waals surface area contributed by atoms with Crippen LogP contribution < -0.4 is 10.6 Å². The lowest BCUT2D eigenvalue weighted by Crippen LogP contribution is -2.34. The zero-order valence-corrected chi connectivity index (χ0v) is 13.6. The molecule has 0 spiro atoms. The van der Waals surface area contributed by atoms with Gasteiger partial charge in [-0.2, -0.15) is 0 Å². The number of aromatic nitrogens is 1. The molecule has 0 amide bonds. The summed E-state index contributed by atoms with van der Waals surface area (Å²) in [5, 5.41) is 0. The van der Waals surface area contributed by atoms with E-state index >= 15 is 0 Å². The molecule has 5 nitrogen and oxygen atoms in total. The molecule has 118 valence electrons. The lowest BCUT2D eigenvalue weighted by Gasteiger charge is -2.30. The van der Waals surface area contributed by atoms with Crippen molar-refractivity contribution < 1.29 is 9.53 Å². The number of anilines is 2. The van der Waals surface area contributed by atoms with Crippen LogP contribution in [0.25, 0.3) is 0 Å². The molecular formula is C16H27N3O2. The highest BCUT2D eigenvalue weighted by Gasteiger charge is 2.18. The highest BCUT2D eigenvalue weighted by Crippen LogP contribution is 2.22. The summed E-state index contributed by atoms with van der Waals surface area (Å²) in [4.78, 5) is 18.6. The number of nitrogen functional groups attached to an aromatic ring is 1. The Morgan fingerprint density at radius 1 is 1.43 bits per heavy atom. The molecule has 2 N–H and O–H groups in total. The maximum Gasteiger partial charge on any atom is 0.340 e. The second-order valence-electron chi connectivity index (χ2n) is 5.15. The Morgan fingerprint density at radius 3 is 2.71 bits per heavy atom. The van der Waals surface area contributed by atoms with Crippen LogP contribution in [-0.4, -0.2) is 30.1 Å². The molecule has 5 heteroatoms. The summed E-state index contributed by atoms with van der Waals surface area (Å²) in [6.45, 7) is 9.51. The van der Waals surface area contributed by atoms with Crippen LogP contribution in [0.4, 0.5) is 11.5 Å². The van der Waals surface area contributed by atoms with E-state index in [1.54, 1.807) is 19.2 Å². The minimum absolute atomic E-state index is 0.334. The van der Waals surface area contributed by atoms with Crippen LogP contribution in [0.1, 0.15) is 57.3 Å². The lowest BCUT2D eigenvalue weighted by atomic mass is 10.1. The number of unbranched alkanes of at least 4 members (excludes halogenated alkanes) is 1. The van der Waals surface area contributed by atoms with Gasteiger partial charge in [-0.1, -0.05) is 20.3 Å². The smallest absolute Gasteiger partial charge is 0.340 e. The van der Waals surface area contributed by atoms with E-state index in [1.165, 1.54) is 0 Å². The van der Waals surface area contributed by atoms with Gasteiger partial charge in [0.05, 0.1) is 24.1 Å². The van der Waals surface area contributed by atoms with Crippen LogP contribution in [0, 0.1) is 0 Å². The minimum Gasteiger partial charge on any atom is -0.462 e. The Balaban J connectivity index is 3.08. The van der Waals surface area contributed by atoms with Gasteiger partial charge in [0.15, 0.2) is 0 Å². The molecule has 0 aliphatic rings. The highest BCUT2D eigenvalue weighted by atomic mass is 16.5. The van der Waals surface area contributed by atoms with Crippen LogP contribution in [0.3, 0.4) is 0 Å².